The second kappa shape index (κ2) is 7.19. The van der Waals surface area contributed by atoms with Gasteiger partial charge in [0.05, 0.1) is 29.5 Å². The standard InChI is InChI=1S/C26H29N3O3/c1-5-32-24(31)17-7-6-8-19-18(17)14-22-25(2,3)26(19,4)11-12-29(22)23(30)16-9-10-20-21(13-16)28-15-27-20/h6-10,13,15,22H,5,11-12,14H2,1-4H3,(H,27,28)/t22-,26-/m0/s1. The molecule has 1 aromatic heterocycles. The first-order valence-electron chi connectivity index (χ1n) is 11.3. The molecule has 1 saturated heterocycles. The number of amides is 1. The molecule has 32 heavy (non-hydrogen) atoms. The summed E-state index contributed by atoms with van der Waals surface area (Å²) in [7, 11) is 0. The van der Waals surface area contributed by atoms with E-state index in [1.54, 1.807) is 6.33 Å². The predicted octanol–water partition coefficient (Wildman–Crippen LogP) is 4.49. The number of likely N-dealkylation sites (tertiary alicyclic amines) is 1. The van der Waals surface area contributed by atoms with Gasteiger partial charge in [0.25, 0.3) is 5.91 Å². The number of aromatic nitrogens is 2. The van der Waals surface area contributed by atoms with Crippen molar-refractivity contribution in [3.05, 3.63) is 65.0 Å². The number of piperidine rings is 1. The van der Waals surface area contributed by atoms with Crippen LogP contribution in [0.3, 0.4) is 0 Å². The average molecular weight is 432 g/mol. The van der Waals surface area contributed by atoms with E-state index in [-0.39, 0.29) is 28.7 Å². The molecule has 1 aliphatic heterocycles. The molecule has 2 atom stereocenters. The van der Waals surface area contributed by atoms with E-state index in [9.17, 15) is 9.59 Å². The highest BCUT2D eigenvalue weighted by Crippen LogP contribution is 2.56. The molecule has 1 aliphatic carbocycles. The number of aromatic amines is 1. The minimum atomic E-state index is -0.284. The highest BCUT2D eigenvalue weighted by atomic mass is 16.5. The summed E-state index contributed by atoms with van der Waals surface area (Å²) >= 11 is 0. The number of H-pyrrole nitrogens is 1. The van der Waals surface area contributed by atoms with Crippen molar-refractivity contribution in [1.82, 2.24) is 14.9 Å². The Bertz CT molecular complexity index is 1230. The lowest BCUT2D eigenvalue weighted by Crippen LogP contribution is -2.65. The maximum Gasteiger partial charge on any atom is 0.338 e. The molecule has 0 unspecified atom stereocenters. The van der Waals surface area contributed by atoms with Gasteiger partial charge in [-0.1, -0.05) is 32.9 Å². The number of benzene rings is 2. The van der Waals surface area contributed by atoms with Crippen molar-refractivity contribution < 1.29 is 14.3 Å². The molecule has 2 aliphatic rings. The van der Waals surface area contributed by atoms with Crippen LogP contribution in [-0.2, 0) is 16.6 Å². The van der Waals surface area contributed by atoms with E-state index in [4.69, 9.17) is 4.74 Å². The van der Waals surface area contributed by atoms with Gasteiger partial charge in [0.15, 0.2) is 0 Å². The van der Waals surface area contributed by atoms with Crippen LogP contribution < -0.4 is 0 Å². The Balaban J connectivity index is 1.58. The summed E-state index contributed by atoms with van der Waals surface area (Å²) < 4.78 is 5.35. The fourth-order valence-corrected chi connectivity index (χ4v) is 5.82. The molecule has 6 heteroatoms. The van der Waals surface area contributed by atoms with E-state index in [0.717, 1.165) is 23.0 Å². The maximum atomic E-state index is 13.7. The summed E-state index contributed by atoms with van der Waals surface area (Å²) in [6.45, 7) is 9.65. The molecule has 1 amide bonds. The Morgan fingerprint density at radius 2 is 2.03 bits per heavy atom. The zero-order valence-corrected chi connectivity index (χ0v) is 19.1. The van der Waals surface area contributed by atoms with Gasteiger partial charge in [0, 0.05) is 23.6 Å². The van der Waals surface area contributed by atoms with Crippen molar-refractivity contribution in [1.29, 1.82) is 0 Å². The molecule has 166 valence electrons. The second-order valence-electron chi connectivity index (χ2n) is 9.71. The fraction of sp³-hybridized carbons (Fsp3) is 0.423. The van der Waals surface area contributed by atoms with Crippen molar-refractivity contribution in [2.45, 2.75) is 52.0 Å². The number of rotatable bonds is 3. The Morgan fingerprint density at radius 3 is 2.81 bits per heavy atom. The van der Waals surface area contributed by atoms with Gasteiger partial charge in [0.2, 0.25) is 0 Å². The summed E-state index contributed by atoms with van der Waals surface area (Å²) in [5.74, 6) is -0.257. The van der Waals surface area contributed by atoms with Gasteiger partial charge < -0.3 is 14.6 Å². The number of hydrogen-bond donors (Lipinski definition) is 1. The van der Waals surface area contributed by atoms with Crippen LogP contribution in [0.15, 0.2) is 42.7 Å². The predicted molar refractivity (Wildman–Crippen MR) is 123 cm³/mol. The SMILES string of the molecule is CCOC(=O)c1cccc2c1C[C@@H]1N(C(=O)c3ccc4nc[nH]c4c3)CC[C@]2(C)C1(C)C. The molecule has 0 saturated carbocycles. The minimum Gasteiger partial charge on any atom is -0.462 e. The summed E-state index contributed by atoms with van der Waals surface area (Å²) in [4.78, 5) is 35.8. The van der Waals surface area contributed by atoms with Crippen molar-refractivity contribution in [3.8, 4) is 0 Å². The van der Waals surface area contributed by atoms with Crippen LogP contribution in [0.1, 0.15) is 66.0 Å². The Hall–Kier alpha value is -3.15. The topological polar surface area (TPSA) is 75.3 Å². The van der Waals surface area contributed by atoms with Crippen LogP contribution in [0.2, 0.25) is 0 Å². The molecule has 0 radical (unpaired) electrons. The number of carbonyl (C=O) groups is 2. The number of nitrogens with one attached hydrogen (secondary N) is 1. The molecule has 1 N–H and O–H groups in total. The second-order valence-corrected chi connectivity index (χ2v) is 9.71. The van der Waals surface area contributed by atoms with Gasteiger partial charge >= 0.3 is 5.97 Å². The van der Waals surface area contributed by atoms with Gasteiger partial charge in [-0.15, -0.1) is 0 Å². The Kier molecular flexibility index (Phi) is 4.66. The first-order chi connectivity index (χ1) is 15.3. The third kappa shape index (κ3) is 2.81. The molecule has 2 heterocycles. The van der Waals surface area contributed by atoms with Crippen LogP contribution in [0, 0.1) is 5.41 Å². The number of hydrogen-bond acceptors (Lipinski definition) is 4. The molecular formula is C26H29N3O3. The molecule has 6 nitrogen and oxygen atoms in total. The van der Waals surface area contributed by atoms with E-state index in [1.165, 1.54) is 5.56 Å². The molecule has 1 fully saturated rings. The zero-order valence-electron chi connectivity index (χ0n) is 19.1. The third-order valence-electron chi connectivity index (χ3n) is 8.08. The highest BCUT2D eigenvalue weighted by molar-refractivity contribution is 5.98. The molecule has 2 bridgehead atoms. The summed E-state index contributed by atoms with van der Waals surface area (Å²) in [6, 6.07) is 11.6. The van der Waals surface area contributed by atoms with Gasteiger partial charge in [-0.3, -0.25) is 4.79 Å². The normalized spacial score (nSPS) is 23.6. The van der Waals surface area contributed by atoms with Crippen LogP contribution in [0.4, 0.5) is 0 Å². The average Bonchev–Trinajstić information content (AvgIpc) is 3.23. The number of nitrogens with zero attached hydrogens (tertiary/aromatic N) is 2. The summed E-state index contributed by atoms with van der Waals surface area (Å²) in [5, 5.41) is 0. The number of fused-ring (bicyclic) bond motifs is 5. The van der Waals surface area contributed by atoms with Crippen LogP contribution >= 0.6 is 0 Å². The fourth-order valence-electron chi connectivity index (χ4n) is 5.82. The monoisotopic (exact) mass is 431 g/mol. The number of esters is 1. The molecule has 5 rings (SSSR count). The quantitative estimate of drug-likeness (QED) is 0.620. The van der Waals surface area contributed by atoms with E-state index in [1.807, 2.05) is 42.2 Å². The summed E-state index contributed by atoms with van der Waals surface area (Å²) in [6.07, 6.45) is 3.13. The van der Waals surface area contributed by atoms with Crippen LogP contribution in [-0.4, -0.2) is 45.9 Å². The van der Waals surface area contributed by atoms with Crippen LogP contribution in [0.5, 0.6) is 0 Å². The van der Waals surface area contributed by atoms with Gasteiger partial charge in [-0.05, 0) is 60.6 Å². The molecule has 0 spiro atoms. The van der Waals surface area contributed by atoms with Gasteiger partial charge in [-0.2, -0.15) is 0 Å². The van der Waals surface area contributed by atoms with Crippen molar-refractivity contribution in [2.24, 2.45) is 5.41 Å². The minimum absolute atomic E-state index is 0.0192. The third-order valence-corrected chi connectivity index (χ3v) is 8.08. The number of ether oxygens (including phenoxy) is 1. The van der Waals surface area contributed by atoms with Gasteiger partial charge in [-0.25, -0.2) is 9.78 Å². The van der Waals surface area contributed by atoms with Crippen molar-refractivity contribution in [2.75, 3.05) is 13.2 Å². The van der Waals surface area contributed by atoms with Crippen molar-refractivity contribution >= 4 is 22.9 Å². The molecular weight excluding hydrogens is 402 g/mol. The Morgan fingerprint density at radius 1 is 1.22 bits per heavy atom. The summed E-state index contributed by atoms with van der Waals surface area (Å²) in [5.41, 5.74) is 4.94. The van der Waals surface area contributed by atoms with Crippen LogP contribution in [0.25, 0.3) is 11.0 Å². The first kappa shape index (κ1) is 20.7. The number of carbonyl (C=O) groups excluding carboxylic acids is 2. The van der Waals surface area contributed by atoms with E-state index in [2.05, 4.69) is 36.8 Å². The van der Waals surface area contributed by atoms with Crippen molar-refractivity contribution in [3.63, 3.8) is 0 Å². The lowest BCUT2D eigenvalue weighted by atomic mass is 9.50. The highest BCUT2D eigenvalue weighted by Gasteiger charge is 2.57. The smallest absolute Gasteiger partial charge is 0.338 e. The maximum absolute atomic E-state index is 13.7. The zero-order chi connectivity index (χ0) is 22.7. The van der Waals surface area contributed by atoms with E-state index < -0.39 is 0 Å². The largest absolute Gasteiger partial charge is 0.462 e. The van der Waals surface area contributed by atoms with E-state index >= 15 is 0 Å². The lowest BCUT2D eigenvalue weighted by Gasteiger charge is -2.61. The van der Waals surface area contributed by atoms with E-state index in [0.29, 0.717) is 30.7 Å². The molecule has 3 aromatic rings. The first-order valence-corrected chi connectivity index (χ1v) is 11.3. The Labute approximate surface area is 188 Å². The number of imidazole rings is 1. The van der Waals surface area contributed by atoms with Gasteiger partial charge in [0.1, 0.15) is 0 Å². The lowest BCUT2D eigenvalue weighted by molar-refractivity contribution is -0.0264. The molecule has 2 aromatic carbocycles.